The fourth-order valence-corrected chi connectivity index (χ4v) is 3.80. The number of nitrogens with one attached hydrogen (secondary N) is 1. The van der Waals surface area contributed by atoms with E-state index in [0.717, 1.165) is 12.5 Å². The predicted molar refractivity (Wildman–Crippen MR) is 107 cm³/mol. The van der Waals surface area contributed by atoms with Gasteiger partial charge in [0.25, 0.3) is 0 Å². The molecule has 0 saturated heterocycles. The summed E-state index contributed by atoms with van der Waals surface area (Å²) in [5.41, 5.74) is -0.459. The maximum Gasteiger partial charge on any atom is 0.418 e. The second-order valence-electron chi connectivity index (χ2n) is 6.74. The van der Waals surface area contributed by atoms with Gasteiger partial charge < -0.3 is 14.8 Å². The fourth-order valence-electron chi connectivity index (χ4n) is 2.83. The van der Waals surface area contributed by atoms with Crippen LogP contribution in [0.1, 0.15) is 31.4 Å². The maximum absolute atomic E-state index is 13.5. The molecule has 8 heteroatoms. The molecule has 0 spiro atoms. The average Bonchev–Trinajstić information content (AvgIpc) is 2.68. The lowest BCUT2D eigenvalue weighted by molar-refractivity contribution is -0.137. The van der Waals surface area contributed by atoms with Crippen LogP contribution in [-0.4, -0.2) is 24.4 Å². The van der Waals surface area contributed by atoms with Crippen molar-refractivity contribution in [2.24, 2.45) is 0 Å². The van der Waals surface area contributed by atoms with Gasteiger partial charge in [-0.1, -0.05) is 19.9 Å². The van der Waals surface area contributed by atoms with Crippen molar-refractivity contribution in [1.82, 2.24) is 0 Å². The molecule has 1 N–H and O–H groups in total. The number of anilines is 1. The standard InChI is InChI=1S/C21H22F3NO3S/c1-3-13(2)29-15-5-6-17(16(12-15)21(22,23)24)25-20(26)11-14-4-7-18-19(10-14)28-9-8-27-18/h4-7,10,12-13H,3,8-9,11H2,1-2H3,(H,25,26). The fraction of sp³-hybridized carbons (Fsp3) is 0.381. The summed E-state index contributed by atoms with van der Waals surface area (Å²) in [6.45, 7) is 4.81. The Morgan fingerprint density at radius 2 is 1.86 bits per heavy atom. The minimum atomic E-state index is -4.56. The molecule has 1 aliphatic heterocycles. The van der Waals surface area contributed by atoms with E-state index in [9.17, 15) is 18.0 Å². The van der Waals surface area contributed by atoms with Crippen LogP contribution in [-0.2, 0) is 17.4 Å². The summed E-state index contributed by atoms with van der Waals surface area (Å²) in [4.78, 5) is 12.9. The van der Waals surface area contributed by atoms with E-state index >= 15 is 0 Å². The van der Waals surface area contributed by atoms with E-state index in [0.29, 0.717) is 35.2 Å². The zero-order valence-electron chi connectivity index (χ0n) is 16.1. The van der Waals surface area contributed by atoms with Gasteiger partial charge in [0.05, 0.1) is 17.7 Å². The molecular weight excluding hydrogens is 403 g/mol. The molecule has 1 amide bonds. The van der Waals surface area contributed by atoms with Crippen molar-refractivity contribution >= 4 is 23.4 Å². The zero-order valence-corrected chi connectivity index (χ0v) is 17.0. The van der Waals surface area contributed by atoms with Crippen LogP contribution in [0, 0.1) is 0 Å². The molecule has 2 aromatic carbocycles. The molecule has 1 heterocycles. The third kappa shape index (κ3) is 5.59. The van der Waals surface area contributed by atoms with Crippen molar-refractivity contribution in [3.63, 3.8) is 0 Å². The molecule has 1 atom stereocenters. The topological polar surface area (TPSA) is 47.6 Å². The molecule has 156 valence electrons. The number of rotatable bonds is 6. The first kappa shape index (κ1) is 21.4. The Morgan fingerprint density at radius 3 is 2.55 bits per heavy atom. The summed E-state index contributed by atoms with van der Waals surface area (Å²) in [5, 5.41) is 2.60. The molecule has 2 aromatic rings. The number of thioether (sulfide) groups is 1. The lowest BCUT2D eigenvalue weighted by Crippen LogP contribution is -2.19. The largest absolute Gasteiger partial charge is 0.486 e. The molecule has 0 bridgehead atoms. The summed E-state index contributed by atoms with van der Waals surface area (Å²) in [7, 11) is 0. The SMILES string of the molecule is CCC(C)Sc1ccc(NC(=O)Cc2ccc3c(c2)OCCO3)c(C(F)(F)F)c1. The Labute approximate surface area is 171 Å². The van der Waals surface area contributed by atoms with Crippen molar-refractivity contribution in [2.75, 3.05) is 18.5 Å². The summed E-state index contributed by atoms with van der Waals surface area (Å²) in [6, 6.07) is 9.07. The highest BCUT2D eigenvalue weighted by Crippen LogP contribution is 2.38. The monoisotopic (exact) mass is 425 g/mol. The molecule has 0 aliphatic carbocycles. The van der Waals surface area contributed by atoms with Gasteiger partial charge in [0.2, 0.25) is 5.91 Å². The highest BCUT2D eigenvalue weighted by molar-refractivity contribution is 7.99. The maximum atomic E-state index is 13.5. The van der Waals surface area contributed by atoms with Crippen molar-refractivity contribution in [1.29, 1.82) is 0 Å². The van der Waals surface area contributed by atoms with E-state index in [-0.39, 0.29) is 17.4 Å². The Hall–Kier alpha value is -2.35. The van der Waals surface area contributed by atoms with Crippen LogP contribution in [0.4, 0.5) is 18.9 Å². The molecule has 0 fully saturated rings. The second kappa shape index (κ2) is 8.98. The number of carbonyl (C=O) groups excluding carboxylic acids is 1. The molecule has 4 nitrogen and oxygen atoms in total. The number of fused-ring (bicyclic) bond motifs is 1. The van der Waals surface area contributed by atoms with Crippen LogP contribution < -0.4 is 14.8 Å². The van der Waals surface area contributed by atoms with Crippen LogP contribution >= 0.6 is 11.8 Å². The van der Waals surface area contributed by atoms with Crippen molar-refractivity contribution in [3.8, 4) is 11.5 Å². The third-order valence-electron chi connectivity index (χ3n) is 4.45. The van der Waals surface area contributed by atoms with E-state index in [1.807, 2.05) is 13.8 Å². The Bertz CT molecular complexity index is 886. The van der Waals surface area contributed by atoms with Gasteiger partial charge in [0.1, 0.15) is 13.2 Å². The van der Waals surface area contributed by atoms with Crippen molar-refractivity contribution < 1.29 is 27.4 Å². The average molecular weight is 425 g/mol. The number of hydrogen-bond acceptors (Lipinski definition) is 4. The summed E-state index contributed by atoms with van der Waals surface area (Å²) >= 11 is 1.38. The molecule has 1 aliphatic rings. The van der Waals surface area contributed by atoms with Crippen molar-refractivity contribution in [3.05, 3.63) is 47.5 Å². The minimum Gasteiger partial charge on any atom is -0.486 e. The Kier molecular flexibility index (Phi) is 6.62. The van der Waals surface area contributed by atoms with Crippen molar-refractivity contribution in [2.45, 2.75) is 43.0 Å². The first-order valence-electron chi connectivity index (χ1n) is 9.32. The van der Waals surface area contributed by atoms with Gasteiger partial charge in [-0.2, -0.15) is 13.2 Å². The lowest BCUT2D eigenvalue weighted by Gasteiger charge is -2.19. The second-order valence-corrected chi connectivity index (χ2v) is 8.26. The van der Waals surface area contributed by atoms with Gasteiger partial charge in [-0.05, 0) is 42.3 Å². The van der Waals surface area contributed by atoms with Gasteiger partial charge in [0, 0.05) is 10.1 Å². The molecule has 0 aromatic heterocycles. The van der Waals surface area contributed by atoms with Gasteiger partial charge in [-0.25, -0.2) is 0 Å². The lowest BCUT2D eigenvalue weighted by atomic mass is 10.1. The van der Waals surface area contributed by atoms with Gasteiger partial charge >= 0.3 is 6.18 Å². The number of amides is 1. The normalized spacial score (nSPS) is 14.4. The molecule has 3 rings (SSSR count). The number of alkyl halides is 3. The van der Waals surface area contributed by atoms with Gasteiger partial charge in [-0.3, -0.25) is 4.79 Å². The van der Waals surface area contributed by atoms with E-state index in [2.05, 4.69) is 5.32 Å². The Balaban J connectivity index is 1.75. The van der Waals surface area contributed by atoms with Crippen LogP contribution in [0.5, 0.6) is 11.5 Å². The number of hydrogen-bond donors (Lipinski definition) is 1. The molecular formula is C21H22F3NO3S. The van der Waals surface area contributed by atoms with Crippen LogP contribution in [0.2, 0.25) is 0 Å². The molecule has 0 radical (unpaired) electrons. The first-order chi connectivity index (χ1) is 13.8. The highest BCUT2D eigenvalue weighted by Gasteiger charge is 2.34. The van der Waals surface area contributed by atoms with Crippen LogP contribution in [0.15, 0.2) is 41.3 Å². The molecule has 1 unspecified atom stereocenters. The predicted octanol–water partition coefficient (Wildman–Crippen LogP) is 5.55. The highest BCUT2D eigenvalue weighted by atomic mass is 32.2. The Morgan fingerprint density at radius 1 is 1.14 bits per heavy atom. The van der Waals surface area contributed by atoms with E-state index in [1.165, 1.54) is 17.8 Å². The summed E-state index contributed by atoms with van der Waals surface area (Å²) in [5.74, 6) is 0.590. The van der Waals surface area contributed by atoms with Gasteiger partial charge in [0.15, 0.2) is 11.5 Å². The number of halogens is 3. The van der Waals surface area contributed by atoms with Crippen LogP contribution in [0.3, 0.4) is 0 Å². The van der Waals surface area contributed by atoms with Crippen LogP contribution in [0.25, 0.3) is 0 Å². The molecule has 0 saturated carbocycles. The first-order valence-corrected chi connectivity index (χ1v) is 10.2. The number of benzene rings is 2. The summed E-state index contributed by atoms with van der Waals surface area (Å²) in [6.07, 6.45) is -3.79. The quantitative estimate of drug-likeness (QED) is 0.617. The molecule has 29 heavy (non-hydrogen) atoms. The van der Waals surface area contributed by atoms with Gasteiger partial charge in [-0.15, -0.1) is 11.8 Å². The zero-order chi connectivity index (χ0) is 21.0. The smallest absolute Gasteiger partial charge is 0.418 e. The number of carbonyl (C=O) groups is 1. The van der Waals surface area contributed by atoms with E-state index < -0.39 is 17.6 Å². The van der Waals surface area contributed by atoms with E-state index in [1.54, 1.807) is 24.3 Å². The minimum absolute atomic E-state index is 0.0721. The summed E-state index contributed by atoms with van der Waals surface area (Å²) < 4.78 is 51.5. The number of ether oxygens (including phenoxy) is 2. The third-order valence-corrected chi connectivity index (χ3v) is 5.72. The van der Waals surface area contributed by atoms with E-state index in [4.69, 9.17) is 9.47 Å².